The van der Waals surface area contributed by atoms with Crippen molar-refractivity contribution in [1.29, 1.82) is 0 Å². The molecule has 2 aromatic carbocycles. The first kappa shape index (κ1) is 22.2. The van der Waals surface area contributed by atoms with Crippen LogP contribution in [0.4, 0.5) is 0 Å². The van der Waals surface area contributed by atoms with Gasteiger partial charge in [0.2, 0.25) is 5.43 Å². The minimum absolute atomic E-state index is 0.0330. The third kappa shape index (κ3) is 5.50. The van der Waals surface area contributed by atoms with Crippen molar-refractivity contribution in [1.82, 2.24) is 9.80 Å². The maximum atomic E-state index is 13.1. The van der Waals surface area contributed by atoms with Crippen molar-refractivity contribution in [3.8, 4) is 11.5 Å². The predicted molar refractivity (Wildman–Crippen MR) is 132 cm³/mol. The van der Waals surface area contributed by atoms with Crippen molar-refractivity contribution in [3.63, 3.8) is 0 Å². The van der Waals surface area contributed by atoms with Gasteiger partial charge < -0.3 is 23.7 Å². The molecule has 0 saturated carbocycles. The van der Waals surface area contributed by atoms with Crippen LogP contribution in [-0.4, -0.2) is 62.3 Å². The molecule has 3 aromatic rings. The van der Waals surface area contributed by atoms with Crippen LogP contribution in [0.3, 0.4) is 0 Å². The highest BCUT2D eigenvalue weighted by Crippen LogP contribution is 2.25. The molecule has 176 valence electrons. The topological polar surface area (TPSA) is 55.1 Å². The lowest BCUT2D eigenvalue weighted by Gasteiger charge is -2.14. The normalized spacial score (nSPS) is 17.3. The molecular weight excluding hydrogens is 416 g/mol. The molecule has 2 aliphatic heterocycles. The Bertz CT molecular complexity index is 1130. The van der Waals surface area contributed by atoms with E-state index < -0.39 is 0 Å². The molecule has 0 unspecified atom stereocenters. The van der Waals surface area contributed by atoms with E-state index in [9.17, 15) is 4.79 Å². The first-order valence-electron chi connectivity index (χ1n) is 12.5. The number of benzene rings is 2. The van der Waals surface area contributed by atoms with E-state index >= 15 is 0 Å². The monoisotopic (exact) mass is 450 g/mol. The van der Waals surface area contributed by atoms with Crippen LogP contribution in [0, 0.1) is 0 Å². The Morgan fingerprint density at radius 1 is 0.697 bits per heavy atom. The Kier molecular flexibility index (Phi) is 7.12. The first-order chi connectivity index (χ1) is 16.3. The summed E-state index contributed by atoms with van der Waals surface area (Å²) in [7, 11) is 0. The van der Waals surface area contributed by atoms with Crippen LogP contribution < -0.4 is 14.9 Å². The van der Waals surface area contributed by atoms with E-state index in [0.717, 1.165) is 31.7 Å². The molecule has 6 nitrogen and oxygen atoms in total. The van der Waals surface area contributed by atoms with Gasteiger partial charge in [-0.15, -0.1) is 0 Å². The van der Waals surface area contributed by atoms with E-state index in [4.69, 9.17) is 13.9 Å². The molecule has 6 heteroatoms. The second-order valence-electron chi connectivity index (χ2n) is 9.25. The fraction of sp³-hybridized carbons (Fsp3) is 0.519. The minimum atomic E-state index is -0.0330. The largest absolute Gasteiger partial charge is 0.494 e. The molecule has 2 fully saturated rings. The van der Waals surface area contributed by atoms with E-state index in [1.165, 1.54) is 51.9 Å². The average Bonchev–Trinajstić information content (AvgIpc) is 3.54. The molecule has 0 spiro atoms. The molecule has 0 atom stereocenters. The number of hydrogen-bond acceptors (Lipinski definition) is 6. The third-order valence-electron chi connectivity index (χ3n) is 6.79. The van der Waals surface area contributed by atoms with Gasteiger partial charge in [0.25, 0.3) is 0 Å². The highest BCUT2D eigenvalue weighted by atomic mass is 16.5. The Hall–Kier alpha value is -2.57. The Morgan fingerprint density at radius 2 is 1.27 bits per heavy atom. The van der Waals surface area contributed by atoms with E-state index in [0.29, 0.717) is 40.9 Å². The SMILES string of the molecule is O=c1c2ccc(OCCCN3CCCC3)cc2oc2ccc(OCCCN3CCCC3)cc12. The maximum Gasteiger partial charge on any atom is 0.200 e. The average molecular weight is 451 g/mol. The number of likely N-dealkylation sites (tertiary alicyclic amines) is 2. The zero-order valence-corrected chi connectivity index (χ0v) is 19.4. The number of nitrogens with zero attached hydrogens (tertiary/aromatic N) is 2. The summed E-state index contributed by atoms with van der Waals surface area (Å²) in [5.74, 6) is 1.46. The van der Waals surface area contributed by atoms with Gasteiger partial charge in [0.1, 0.15) is 22.7 Å². The van der Waals surface area contributed by atoms with Crippen molar-refractivity contribution < 1.29 is 13.9 Å². The summed E-state index contributed by atoms with van der Waals surface area (Å²) in [5, 5.41) is 1.12. The van der Waals surface area contributed by atoms with Gasteiger partial charge in [-0.25, -0.2) is 0 Å². The molecule has 33 heavy (non-hydrogen) atoms. The summed E-state index contributed by atoms with van der Waals surface area (Å²) in [5.41, 5.74) is 1.10. The molecule has 5 rings (SSSR count). The van der Waals surface area contributed by atoms with E-state index in [1.807, 2.05) is 24.3 Å². The van der Waals surface area contributed by atoms with Gasteiger partial charge in [-0.1, -0.05) is 0 Å². The quantitative estimate of drug-likeness (QED) is 0.330. The lowest BCUT2D eigenvalue weighted by Crippen LogP contribution is -2.21. The highest BCUT2D eigenvalue weighted by Gasteiger charge is 2.13. The number of rotatable bonds is 10. The van der Waals surface area contributed by atoms with Gasteiger partial charge in [0.05, 0.1) is 24.0 Å². The van der Waals surface area contributed by atoms with Crippen LogP contribution in [0.15, 0.2) is 45.6 Å². The van der Waals surface area contributed by atoms with E-state index in [-0.39, 0.29) is 5.43 Å². The predicted octanol–water partition coefficient (Wildman–Crippen LogP) is 4.68. The Morgan fingerprint density at radius 3 is 1.91 bits per heavy atom. The molecule has 1 aromatic heterocycles. The van der Waals surface area contributed by atoms with Crippen LogP contribution in [0.5, 0.6) is 11.5 Å². The summed E-state index contributed by atoms with van der Waals surface area (Å²) in [6.45, 7) is 8.29. The van der Waals surface area contributed by atoms with Crippen molar-refractivity contribution in [3.05, 3.63) is 46.6 Å². The van der Waals surface area contributed by atoms with Crippen LogP contribution in [0.1, 0.15) is 38.5 Å². The van der Waals surface area contributed by atoms with Crippen LogP contribution in [0.25, 0.3) is 21.9 Å². The third-order valence-corrected chi connectivity index (χ3v) is 6.79. The van der Waals surface area contributed by atoms with Gasteiger partial charge >= 0.3 is 0 Å². The summed E-state index contributed by atoms with van der Waals surface area (Å²) in [4.78, 5) is 18.1. The zero-order valence-electron chi connectivity index (χ0n) is 19.4. The summed E-state index contributed by atoms with van der Waals surface area (Å²) >= 11 is 0. The maximum absolute atomic E-state index is 13.1. The van der Waals surface area contributed by atoms with Crippen molar-refractivity contribution >= 4 is 21.9 Å². The van der Waals surface area contributed by atoms with Gasteiger partial charge in [0, 0.05) is 19.2 Å². The van der Waals surface area contributed by atoms with Crippen LogP contribution in [-0.2, 0) is 0 Å². The molecule has 0 radical (unpaired) electrons. The van der Waals surface area contributed by atoms with Crippen LogP contribution >= 0.6 is 0 Å². The van der Waals surface area contributed by atoms with Crippen molar-refractivity contribution in [2.24, 2.45) is 0 Å². The van der Waals surface area contributed by atoms with Crippen molar-refractivity contribution in [2.45, 2.75) is 38.5 Å². The highest BCUT2D eigenvalue weighted by molar-refractivity contribution is 5.90. The molecule has 3 heterocycles. The zero-order chi connectivity index (χ0) is 22.5. The van der Waals surface area contributed by atoms with Gasteiger partial charge in [-0.3, -0.25) is 4.79 Å². The number of hydrogen-bond donors (Lipinski definition) is 0. The fourth-order valence-electron chi connectivity index (χ4n) is 4.96. The smallest absolute Gasteiger partial charge is 0.200 e. The standard InChI is InChI=1S/C27H34N2O4/c30-27-23-9-7-22(32-18-6-16-29-13-3-4-14-29)20-26(23)33-25-10-8-21(19-24(25)27)31-17-5-15-28-11-1-2-12-28/h7-10,19-20H,1-6,11-18H2. The number of fused-ring (bicyclic) bond motifs is 2. The molecule has 0 bridgehead atoms. The fourth-order valence-corrected chi connectivity index (χ4v) is 4.96. The Balaban J connectivity index is 1.21. The molecular formula is C27H34N2O4. The lowest BCUT2D eigenvalue weighted by molar-refractivity contribution is 0.263. The minimum Gasteiger partial charge on any atom is -0.494 e. The summed E-state index contributed by atoms with van der Waals surface area (Å²) in [6, 6.07) is 11.0. The molecule has 0 amide bonds. The second kappa shape index (κ2) is 10.6. The summed E-state index contributed by atoms with van der Waals surface area (Å²) in [6.07, 6.45) is 7.23. The van der Waals surface area contributed by atoms with Gasteiger partial charge in [-0.05, 0) is 95.0 Å². The van der Waals surface area contributed by atoms with Crippen molar-refractivity contribution in [2.75, 3.05) is 52.5 Å². The van der Waals surface area contributed by atoms with E-state index in [2.05, 4.69) is 9.80 Å². The summed E-state index contributed by atoms with van der Waals surface area (Å²) < 4.78 is 17.9. The molecule has 2 saturated heterocycles. The van der Waals surface area contributed by atoms with Crippen LogP contribution in [0.2, 0.25) is 0 Å². The van der Waals surface area contributed by atoms with Gasteiger partial charge in [0.15, 0.2) is 0 Å². The first-order valence-corrected chi connectivity index (χ1v) is 12.5. The lowest BCUT2D eigenvalue weighted by atomic mass is 10.1. The Labute approximate surface area is 195 Å². The molecule has 0 aliphatic carbocycles. The molecule has 0 N–H and O–H groups in total. The van der Waals surface area contributed by atoms with E-state index in [1.54, 1.807) is 12.1 Å². The van der Waals surface area contributed by atoms with Gasteiger partial charge in [-0.2, -0.15) is 0 Å². The second-order valence-corrected chi connectivity index (χ2v) is 9.25. The molecule has 2 aliphatic rings. The number of ether oxygens (including phenoxy) is 2.